The van der Waals surface area contributed by atoms with Crippen molar-refractivity contribution in [2.24, 2.45) is 7.05 Å². The van der Waals surface area contributed by atoms with Gasteiger partial charge in [-0.2, -0.15) is 0 Å². The van der Waals surface area contributed by atoms with Gasteiger partial charge in [-0.25, -0.2) is 9.78 Å². The molecule has 0 radical (unpaired) electrons. The van der Waals surface area contributed by atoms with E-state index in [1.54, 1.807) is 6.20 Å². The quantitative estimate of drug-likeness (QED) is 0.587. The van der Waals surface area contributed by atoms with E-state index >= 15 is 0 Å². The molecule has 2 aromatic heterocycles. The predicted molar refractivity (Wildman–Crippen MR) is 120 cm³/mol. The minimum atomic E-state index is -0.430. The van der Waals surface area contributed by atoms with Gasteiger partial charge in [0, 0.05) is 24.3 Å². The van der Waals surface area contributed by atoms with Gasteiger partial charge in [-0.1, -0.05) is 43.2 Å². The standard InChI is InChI=1S/C24H27N3O3S/c1-27-14-13-25-23(27)22(17-9-6-4-7-10-17)26-21(28)16-30-24(29)20-15-18-11-5-2-3-8-12-19(18)31-20/h4,6-7,9-10,13-15,22H,2-3,5,8,11-12,16H2,1H3,(H,26,28). The van der Waals surface area contributed by atoms with Gasteiger partial charge in [-0.05, 0) is 42.9 Å². The number of ether oxygens (including phenoxy) is 1. The summed E-state index contributed by atoms with van der Waals surface area (Å²) in [5.41, 5.74) is 2.18. The van der Waals surface area contributed by atoms with E-state index in [1.165, 1.54) is 41.0 Å². The van der Waals surface area contributed by atoms with E-state index in [2.05, 4.69) is 10.3 Å². The molecule has 7 heteroatoms. The minimum absolute atomic E-state index is 0.324. The molecule has 1 N–H and O–H groups in total. The Bertz CT molecular complexity index is 1020. The van der Waals surface area contributed by atoms with E-state index in [0.717, 1.165) is 24.8 Å². The van der Waals surface area contributed by atoms with Crippen LogP contribution in [0.3, 0.4) is 0 Å². The number of hydrogen-bond donors (Lipinski definition) is 1. The summed E-state index contributed by atoms with van der Waals surface area (Å²) >= 11 is 1.51. The fraction of sp³-hybridized carbons (Fsp3) is 0.375. The number of nitrogens with zero attached hydrogens (tertiary/aromatic N) is 2. The van der Waals surface area contributed by atoms with Crippen molar-refractivity contribution in [1.82, 2.24) is 14.9 Å². The second-order valence-corrected chi connectivity index (χ2v) is 8.99. The summed E-state index contributed by atoms with van der Waals surface area (Å²) in [4.78, 5) is 31.5. The number of rotatable bonds is 6. The Hall–Kier alpha value is -2.93. The number of nitrogens with one attached hydrogen (secondary N) is 1. The monoisotopic (exact) mass is 437 g/mol. The highest BCUT2D eigenvalue weighted by atomic mass is 32.1. The van der Waals surface area contributed by atoms with Crippen molar-refractivity contribution in [1.29, 1.82) is 0 Å². The van der Waals surface area contributed by atoms with Crippen molar-refractivity contribution >= 4 is 23.2 Å². The minimum Gasteiger partial charge on any atom is -0.451 e. The maximum Gasteiger partial charge on any atom is 0.348 e. The van der Waals surface area contributed by atoms with Gasteiger partial charge in [0.25, 0.3) is 5.91 Å². The molecule has 6 nitrogen and oxygen atoms in total. The van der Waals surface area contributed by atoms with E-state index in [4.69, 9.17) is 4.74 Å². The summed E-state index contributed by atoms with van der Waals surface area (Å²) < 4.78 is 7.21. The number of fused-ring (bicyclic) bond motifs is 1. The predicted octanol–water partition coefficient (Wildman–Crippen LogP) is 4.20. The van der Waals surface area contributed by atoms with Crippen LogP contribution in [0.2, 0.25) is 0 Å². The van der Waals surface area contributed by atoms with Gasteiger partial charge in [0.15, 0.2) is 6.61 Å². The van der Waals surface area contributed by atoms with Crippen LogP contribution in [0.1, 0.15) is 63.2 Å². The summed E-state index contributed by atoms with van der Waals surface area (Å²) in [6.07, 6.45) is 10.4. The smallest absolute Gasteiger partial charge is 0.348 e. The molecule has 0 aliphatic heterocycles. The highest BCUT2D eigenvalue weighted by Gasteiger charge is 2.22. The Labute approximate surface area is 186 Å². The average molecular weight is 438 g/mol. The van der Waals surface area contributed by atoms with Crippen LogP contribution < -0.4 is 5.32 Å². The van der Waals surface area contributed by atoms with Gasteiger partial charge in [-0.3, -0.25) is 4.79 Å². The fourth-order valence-corrected chi connectivity index (χ4v) is 5.09. The van der Waals surface area contributed by atoms with Crippen LogP contribution >= 0.6 is 11.3 Å². The molecule has 0 saturated heterocycles. The molecule has 3 aromatic rings. The lowest BCUT2D eigenvalue weighted by Crippen LogP contribution is -2.34. The number of thiophene rings is 1. The van der Waals surface area contributed by atoms with Crippen molar-refractivity contribution < 1.29 is 14.3 Å². The zero-order valence-corrected chi connectivity index (χ0v) is 18.5. The molecule has 0 bridgehead atoms. The molecule has 0 spiro atoms. The lowest BCUT2D eigenvalue weighted by atomic mass is 10.00. The first-order chi connectivity index (χ1) is 15.1. The first-order valence-electron chi connectivity index (χ1n) is 10.7. The second-order valence-electron chi connectivity index (χ2n) is 7.86. The molecule has 1 amide bonds. The zero-order valence-electron chi connectivity index (χ0n) is 17.7. The summed E-state index contributed by atoms with van der Waals surface area (Å²) in [7, 11) is 1.88. The van der Waals surface area contributed by atoms with E-state index in [1.807, 2.05) is 54.2 Å². The number of aromatic nitrogens is 2. The Morgan fingerprint density at radius 2 is 1.94 bits per heavy atom. The Balaban J connectivity index is 1.40. The molecular weight excluding hydrogens is 410 g/mol. The molecule has 1 aliphatic carbocycles. The number of carbonyl (C=O) groups is 2. The average Bonchev–Trinajstić information content (AvgIpc) is 3.36. The van der Waals surface area contributed by atoms with Crippen LogP contribution in [0.5, 0.6) is 0 Å². The molecule has 0 fully saturated rings. The van der Waals surface area contributed by atoms with Crippen molar-refractivity contribution in [3.05, 3.63) is 75.5 Å². The Morgan fingerprint density at radius 3 is 2.68 bits per heavy atom. The summed E-state index contributed by atoms with van der Waals surface area (Å²) in [5.74, 6) is -0.0794. The normalized spacial score (nSPS) is 14.7. The molecule has 0 saturated carbocycles. The second kappa shape index (κ2) is 9.92. The van der Waals surface area contributed by atoms with Gasteiger partial charge >= 0.3 is 5.97 Å². The highest BCUT2D eigenvalue weighted by molar-refractivity contribution is 7.14. The number of benzene rings is 1. The number of esters is 1. The molecule has 162 valence electrons. The lowest BCUT2D eigenvalue weighted by Gasteiger charge is -2.19. The van der Waals surface area contributed by atoms with E-state index in [9.17, 15) is 9.59 Å². The number of amides is 1. The van der Waals surface area contributed by atoms with Crippen molar-refractivity contribution in [3.63, 3.8) is 0 Å². The summed E-state index contributed by atoms with van der Waals surface area (Å²) in [6.45, 7) is -0.324. The van der Waals surface area contributed by atoms with Crippen LogP contribution in [0.15, 0.2) is 48.8 Å². The topological polar surface area (TPSA) is 73.2 Å². The van der Waals surface area contributed by atoms with Crippen molar-refractivity contribution in [3.8, 4) is 0 Å². The molecule has 31 heavy (non-hydrogen) atoms. The van der Waals surface area contributed by atoms with Crippen LogP contribution in [0.4, 0.5) is 0 Å². The molecule has 4 rings (SSSR count). The van der Waals surface area contributed by atoms with Gasteiger partial charge in [0.1, 0.15) is 16.7 Å². The number of imidazole rings is 1. The first-order valence-corrected chi connectivity index (χ1v) is 11.5. The molecule has 2 heterocycles. The van der Waals surface area contributed by atoms with Crippen molar-refractivity contribution in [2.75, 3.05) is 6.61 Å². The SMILES string of the molecule is Cn1ccnc1C(NC(=O)COC(=O)c1cc2c(s1)CCCCCC2)c1ccccc1. The van der Waals surface area contributed by atoms with E-state index in [-0.39, 0.29) is 12.5 Å². The molecule has 1 aromatic carbocycles. The molecule has 1 unspecified atom stereocenters. The summed E-state index contributed by atoms with van der Waals surface area (Å²) in [5, 5.41) is 2.95. The van der Waals surface area contributed by atoms with Gasteiger partial charge < -0.3 is 14.6 Å². The third-order valence-corrected chi connectivity index (χ3v) is 6.80. The van der Waals surface area contributed by atoms with Crippen LogP contribution in [-0.4, -0.2) is 28.0 Å². The lowest BCUT2D eigenvalue weighted by molar-refractivity contribution is -0.124. The Kier molecular flexibility index (Phi) is 6.82. The zero-order chi connectivity index (χ0) is 21.6. The maximum atomic E-state index is 12.6. The maximum absolute atomic E-state index is 12.6. The molecule has 1 atom stereocenters. The summed E-state index contributed by atoms with van der Waals surface area (Å²) in [6, 6.07) is 11.2. The van der Waals surface area contributed by atoms with Crippen LogP contribution in [0.25, 0.3) is 0 Å². The number of aryl methyl sites for hydroxylation is 3. The van der Waals surface area contributed by atoms with Crippen LogP contribution in [-0.2, 0) is 29.4 Å². The van der Waals surface area contributed by atoms with Gasteiger partial charge in [0.2, 0.25) is 0 Å². The first kappa shape index (κ1) is 21.3. The third-order valence-electron chi connectivity index (χ3n) is 5.59. The van der Waals surface area contributed by atoms with E-state index in [0.29, 0.717) is 10.7 Å². The van der Waals surface area contributed by atoms with E-state index < -0.39 is 12.0 Å². The fourth-order valence-electron chi connectivity index (χ4n) is 3.95. The number of hydrogen-bond acceptors (Lipinski definition) is 5. The van der Waals surface area contributed by atoms with Gasteiger partial charge in [-0.15, -0.1) is 11.3 Å². The van der Waals surface area contributed by atoms with Crippen LogP contribution in [0, 0.1) is 0 Å². The van der Waals surface area contributed by atoms with Crippen molar-refractivity contribution in [2.45, 2.75) is 44.6 Å². The Morgan fingerprint density at radius 1 is 1.16 bits per heavy atom. The molecular formula is C24H27N3O3S. The number of carbonyl (C=O) groups excluding carboxylic acids is 2. The third kappa shape index (κ3) is 5.22. The molecule has 1 aliphatic rings. The highest BCUT2D eigenvalue weighted by Crippen LogP contribution is 2.29. The largest absolute Gasteiger partial charge is 0.451 e. The van der Waals surface area contributed by atoms with Gasteiger partial charge in [0.05, 0.1) is 0 Å².